The molecule has 19 heavy (non-hydrogen) atoms. The molecule has 0 saturated heterocycles. The van der Waals surface area contributed by atoms with E-state index in [0.717, 1.165) is 10.4 Å². The molecular formula is C13H19NO3S2. The summed E-state index contributed by atoms with van der Waals surface area (Å²) in [5.74, 6) is -1.11. The van der Waals surface area contributed by atoms with Crippen LogP contribution in [0.25, 0.3) is 0 Å². The van der Waals surface area contributed by atoms with Crippen LogP contribution >= 0.6 is 23.1 Å². The number of carboxylic acids is 1. The van der Waals surface area contributed by atoms with E-state index in [1.165, 1.54) is 11.3 Å². The zero-order chi connectivity index (χ0) is 14.6. The normalized spacial score (nSPS) is 12.2. The van der Waals surface area contributed by atoms with Gasteiger partial charge in [-0.05, 0) is 25.2 Å². The van der Waals surface area contributed by atoms with Gasteiger partial charge in [0.25, 0.3) is 0 Å². The van der Waals surface area contributed by atoms with E-state index in [0.29, 0.717) is 17.8 Å². The molecule has 1 heterocycles. The minimum absolute atomic E-state index is 0.131. The predicted molar refractivity (Wildman–Crippen MR) is 81.6 cm³/mol. The van der Waals surface area contributed by atoms with Crippen LogP contribution in [0.4, 0.5) is 5.00 Å². The van der Waals surface area contributed by atoms with E-state index in [2.05, 4.69) is 5.32 Å². The number of anilines is 1. The minimum Gasteiger partial charge on any atom is -0.478 e. The molecule has 1 amide bonds. The Morgan fingerprint density at radius 3 is 2.58 bits per heavy atom. The topological polar surface area (TPSA) is 66.4 Å². The van der Waals surface area contributed by atoms with Gasteiger partial charge in [-0.25, -0.2) is 4.79 Å². The highest BCUT2D eigenvalue weighted by molar-refractivity contribution is 7.99. The van der Waals surface area contributed by atoms with Crippen LogP contribution < -0.4 is 5.32 Å². The maximum atomic E-state index is 11.9. The molecule has 0 saturated carbocycles. The maximum Gasteiger partial charge on any atom is 0.339 e. The number of amides is 1. The quantitative estimate of drug-likeness (QED) is 0.845. The second kappa shape index (κ2) is 6.96. The van der Waals surface area contributed by atoms with Crippen molar-refractivity contribution in [3.8, 4) is 0 Å². The molecule has 2 N–H and O–H groups in total. The van der Waals surface area contributed by atoms with Crippen LogP contribution in [0.15, 0.2) is 0 Å². The van der Waals surface area contributed by atoms with Crippen molar-refractivity contribution in [3.63, 3.8) is 0 Å². The average Bonchev–Trinajstić information content (AvgIpc) is 2.64. The first-order valence-corrected chi connectivity index (χ1v) is 8.19. The van der Waals surface area contributed by atoms with Crippen molar-refractivity contribution >= 4 is 40.0 Å². The Kier molecular flexibility index (Phi) is 5.87. The second-order valence-electron chi connectivity index (χ2n) is 4.30. The molecule has 106 valence electrons. The molecule has 6 heteroatoms. The van der Waals surface area contributed by atoms with Crippen LogP contribution in [0.1, 0.15) is 41.1 Å². The van der Waals surface area contributed by atoms with Gasteiger partial charge in [0.1, 0.15) is 5.00 Å². The standard InChI is InChI=1S/C13H19NO3S2/c1-5-9-8(3)19-12(11(9)13(16)17)14-10(15)6-7(2)18-4/h7H,5-6H2,1-4H3,(H,14,15)(H,16,17). The molecule has 1 unspecified atom stereocenters. The summed E-state index contributed by atoms with van der Waals surface area (Å²) in [6.07, 6.45) is 2.99. The van der Waals surface area contributed by atoms with Crippen molar-refractivity contribution in [2.24, 2.45) is 0 Å². The largest absolute Gasteiger partial charge is 0.478 e. The Labute approximate surface area is 121 Å². The number of rotatable bonds is 6. The van der Waals surface area contributed by atoms with Crippen LogP contribution in [-0.4, -0.2) is 28.5 Å². The summed E-state index contributed by atoms with van der Waals surface area (Å²) in [6.45, 7) is 5.78. The summed E-state index contributed by atoms with van der Waals surface area (Å²) in [7, 11) is 0. The molecular weight excluding hydrogens is 282 g/mol. The number of carbonyl (C=O) groups excluding carboxylic acids is 1. The van der Waals surface area contributed by atoms with Gasteiger partial charge in [-0.15, -0.1) is 11.3 Å². The van der Waals surface area contributed by atoms with Crippen molar-refractivity contribution in [1.82, 2.24) is 0 Å². The van der Waals surface area contributed by atoms with Crippen LogP contribution in [0.5, 0.6) is 0 Å². The Morgan fingerprint density at radius 1 is 1.47 bits per heavy atom. The highest BCUT2D eigenvalue weighted by Gasteiger charge is 2.22. The summed E-state index contributed by atoms with van der Waals surface area (Å²) >= 11 is 2.95. The zero-order valence-corrected chi connectivity index (χ0v) is 13.2. The fourth-order valence-electron chi connectivity index (χ4n) is 1.84. The Balaban J connectivity index is 2.95. The SMILES string of the molecule is CCc1c(C)sc(NC(=O)CC(C)SC)c1C(=O)O. The molecule has 0 aliphatic carbocycles. The van der Waals surface area contributed by atoms with E-state index in [4.69, 9.17) is 0 Å². The molecule has 0 aromatic carbocycles. The lowest BCUT2D eigenvalue weighted by Crippen LogP contribution is -2.17. The van der Waals surface area contributed by atoms with Gasteiger partial charge in [0.2, 0.25) is 5.91 Å². The Morgan fingerprint density at radius 2 is 2.11 bits per heavy atom. The van der Waals surface area contributed by atoms with Gasteiger partial charge in [-0.2, -0.15) is 11.8 Å². The van der Waals surface area contributed by atoms with Gasteiger partial charge < -0.3 is 10.4 Å². The van der Waals surface area contributed by atoms with Crippen molar-refractivity contribution < 1.29 is 14.7 Å². The number of hydrogen-bond acceptors (Lipinski definition) is 4. The number of hydrogen-bond donors (Lipinski definition) is 2. The lowest BCUT2D eigenvalue weighted by atomic mass is 10.1. The fourth-order valence-corrected chi connectivity index (χ4v) is 3.31. The number of thioether (sulfide) groups is 1. The first-order valence-electron chi connectivity index (χ1n) is 6.08. The molecule has 1 aromatic heterocycles. The van der Waals surface area contributed by atoms with Crippen molar-refractivity contribution in [3.05, 3.63) is 16.0 Å². The van der Waals surface area contributed by atoms with E-state index in [1.54, 1.807) is 11.8 Å². The summed E-state index contributed by atoms with van der Waals surface area (Å²) in [4.78, 5) is 24.1. The molecule has 0 bridgehead atoms. The van der Waals surface area contributed by atoms with E-state index in [9.17, 15) is 14.7 Å². The van der Waals surface area contributed by atoms with Gasteiger partial charge in [-0.3, -0.25) is 4.79 Å². The van der Waals surface area contributed by atoms with Gasteiger partial charge in [-0.1, -0.05) is 13.8 Å². The molecule has 0 aliphatic rings. The van der Waals surface area contributed by atoms with E-state index < -0.39 is 5.97 Å². The molecule has 1 rings (SSSR count). The monoisotopic (exact) mass is 301 g/mol. The zero-order valence-electron chi connectivity index (χ0n) is 11.6. The van der Waals surface area contributed by atoms with Crippen molar-refractivity contribution in [2.45, 2.75) is 38.9 Å². The first kappa shape index (κ1) is 16.0. The second-order valence-corrected chi connectivity index (χ2v) is 6.80. The number of aromatic carboxylic acids is 1. The fraction of sp³-hybridized carbons (Fsp3) is 0.538. The molecule has 1 aromatic rings. The highest BCUT2D eigenvalue weighted by Crippen LogP contribution is 2.33. The summed E-state index contributed by atoms with van der Waals surface area (Å²) in [5, 5.41) is 12.7. The number of nitrogens with one attached hydrogen (secondary N) is 1. The predicted octanol–water partition coefficient (Wildman–Crippen LogP) is 3.40. The third-order valence-electron chi connectivity index (χ3n) is 2.90. The lowest BCUT2D eigenvalue weighted by molar-refractivity contribution is -0.116. The van der Waals surface area contributed by atoms with E-state index >= 15 is 0 Å². The molecule has 0 fully saturated rings. The molecule has 4 nitrogen and oxygen atoms in total. The first-order chi connectivity index (χ1) is 8.90. The van der Waals surface area contributed by atoms with Gasteiger partial charge in [0.15, 0.2) is 0 Å². The summed E-state index contributed by atoms with van der Waals surface area (Å²) in [6, 6.07) is 0. The molecule has 0 radical (unpaired) electrons. The number of carbonyl (C=O) groups is 2. The Bertz CT molecular complexity index is 482. The number of aryl methyl sites for hydroxylation is 1. The summed E-state index contributed by atoms with van der Waals surface area (Å²) in [5.41, 5.74) is 1.06. The van der Waals surface area contributed by atoms with E-state index in [1.807, 2.05) is 27.0 Å². The van der Waals surface area contributed by atoms with Crippen molar-refractivity contribution in [2.75, 3.05) is 11.6 Å². The third-order valence-corrected chi connectivity index (χ3v) is 4.94. The molecule has 1 atom stereocenters. The lowest BCUT2D eigenvalue weighted by Gasteiger charge is -2.08. The number of thiophene rings is 1. The maximum absolute atomic E-state index is 11.9. The highest BCUT2D eigenvalue weighted by atomic mass is 32.2. The van der Waals surface area contributed by atoms with Crippen LogP contribution in [-0.2, 0) is 11.2 Å². The van der Waals surface area contributed by atoms with Gasteiger partial charge in [0, 0.05) is 16.5 Å². The van der Waals surface area contributed by atoms with Crippen LogP contribution in [0.2, 0.25) is 0 Å². The molecule has 0 aliphatic heterocycles. The minimum atomic E-state index is -0.977. The van der Waals surface area contributed by atoms with Gasteiger partial charge in [0.05, 0.1) is 5.56 Å². The number of carboxylic acid groups (broad SMARTS) is 1. The van der Waals surface area contributed by atoms with E-state index in [-0.39, 0.29) is 16.7 Å². The smallest absolute Gasteiger partial charge is 0.339 e. The van der Waals surface area contributed by atoms with Gasteiger partial charge >= 0.3 is 5.97 Å². The Hall–Kier alpha value is -1.01. The van der Waals surface area contributed by atoms with Crippen molar-refractivity contribution in [1.29, 1.82) is 0 Å². The molecule has 0 spiro atoms. The third kappa shape index (κ3) is 3.98. The van der Waals surface area contributed by atoms with Crippen LogP contribution in [0, 0.1) is 6.92 Å². The summed E-state index contributed by atoms with van der Waals surface area (Å²) < 4.78 is 0. The average molecular weight is 301 g/mol. The van der Waals surface area contributed by atoms with Crippen LogP contribution in [0.3, 0.4) is 0 Å².